The zero-order valence-electron chi connectivity index (χ0n) is 17.3. The second-order valence-electron chi connectivity index (χ2n) is 6.91. The number of fused-ring (bicyclic) bond motifs is 1. The second-order valence-corrected chi connectivity index (χ2v) is 7.35. The number of ether oxygens (including phenoxy) is 2. The van der Waals surface area contributed by atoms with Crippen molar-refractivity contribution < 1.29 is 23.5 Å². The summed E-state index contributed by atoms with van der Waals surface area (Å²) in [6, 6.07) is 18.9. The summed E-state index contributed by atoms with van der Waals surface area (Å²) in [6.45, 7) is 1.48. The summed E-state index contributed by atoms with van der Waals surface area (Å²) in [7, 11) is 1.48. The number of anilines is 1. The van der Waals surface area contributed by atoms with Crippen molar-refractivity contribution in [3.8, 4) is 17.2 Å². The van der Waals surface area contributed by atoms with Crippen LogP contribution in [0.2, 0.25) is 5.02 Å². The van der Waals surface area contributed by atoms with Crippen LogP contribution in [-0.2, 0) is 9.53 Å². The van der Waals surface area contributed by atoms with E-state index in [1.807, 2.05) is 18.2 Å². The lowest BCUT2D eigenvalue weighted by molar-refractivity contribution is -0.123. The van der Waals surface area contributed by atoms with E-state index in [4.69, 9.17) is 25.5 Å². The maximum absolute atomic E-state index is 12.9. The molecular weight excluding hydrogens is 432 g/mol. The van der Waals surface area contributed by atoms with E-state index < -0.39 is 18.0 Å². The molecule has 3 aromatic carbocycles. The minimum Gasteiger partial charge on any atom is -0.495 e. The van der Waals surface area contributed by atoms with E-state index in [2.05, 4.69) is 10.3 Å². The van der Waals surface area contributed by atoms with Gasteiger partial charge < -0.3 is 19.2 Å². The molecule has 0 aliphatic heterocycles. The molecule has 0 radical (unpaired) electrons. The molecule has 1 atom stereocenters. The smallest absolute Gasteiger partial charge is 0.339 e. The highest BCUT2D eigenvalue weighted by Crippen LogP contribution is 2.29. The Bertz CT molecular complexity index is 1270. The molecule has 32 heavy (non-hydrogen) atoms. The maximum atomic E-state index is 12.9. The minimum atomic E-state index is -1.08. The number of halogens is 1. The van der Waals surface area contributed by atoms with Gasteiger partial charge in [-0.15, -0.1) is 0 Å². The van der Waals surface area contributed by atoms with Gasteiger partial charge in [-0.2, -0.15) is 0 Å². The molecule has 162 valence electrons. The van der Waals surface area contributed by atoms with E-state index >= 15 is 0 Å². The summed E-state index contributed by atoms with van der Waals surface area (Å²) in [6.07, 6.45) is -1.08. The molecule has 0 bridgehead atoms. The number of aromatic nitrogens is 1. The Hall–Kier alpha value is -3.84. The highest BCUT2D eigenvalue weighted by molar-refractivity contribution is 6.31. The molecule has 1 unspecified atom stereocenters. The van der Waals surface area contributed by atoms with Gasteiger partial charge in [0.05, 0.1) is 23.9 Å². The second kappa shape index (κ2) is 9.11. The number of para-hydroxylation sites is 2. The molecule has 0 saturated heterocycles. The third-order valence-corrected chi connectivity index (χ3v) is 4.98. The number of benzene rings is 3. The Morgan fingerprint density at radius 3 is 2.59 bits per heavy atom. The van der Waals surface area contributed by atoms with Gasteiger partial charge in [-0.05, 0) is 49.4 Å². The molecule has 0 aliphatic rings. The lowest BCUT2D eigenvalue weighted by Gasteiger charge is -2.16. The molecule has 0 fully saturated rings. The summed E-state index contributed by atoms with van der Waals surface area (Å²) in [5.41, 5.74) is 2.36. The van der Waals surface area contributed by atoms with Crippen LogP contribution in [0.4, 0.5) is 5.69 Å². The van der Waals surface area contributed by atoms with Gasteiger partial charge in [-0.25, -0.2) is 9.78 Å². The van der Waals surface area contributed by atoms with Crippen molar-refractivity contribution in [1.29, 1.82) is 0 Å². The van der Waals surface area contributed by atoms with Gasteiger partial charge in [0.25, 0.3) is 5.91 Å². The van der Waals surface area contributed by atoms with E-state index in [9.17, 15) is 9.59 Å². The molecule has 0 saturated carbocycles. The first-order valence-corrected chi connectivity index (χ1v) is 10.1. The lowest BCUT2D eigenvalue weighted by Crippen LogP contribution is -2.30. The van der Waals surface area contributed by atoms with Gasteiger partial charge >= 0.3 is 5.97 Å². The van der Waals surface area contributed by atoms with Gasteiger partial charge in [0.2, 0.25) is 5.89 Å². The van der Waals surface area contributed by atoms with Crippen LogP contribution in [0.3, 0.4) is 0 Å². The fourth-order valence-electron chi connectivity index (χ4n) is 3.12. The van der Waals surface area contributed by atoms with Crippen LogP contribution in [0.15, 0.2) is 71.1 Å². The minimum absolute atomic E-state index is 0.235. The summed E-state index contributed by atoms with van der Waals surface area (Å²) in [5, 5.41) is 3.10. The number of rotatable bonds is 6. The third-order valence-electron chi connectivity index (χ3n) is 4.74. The number of oxazole rings is 1. The fraction of sp³-hybridized carbons (Fsp3) is 0.125. The SMILES string of the molecule is COc1ccc(Cl)cc1NC(=O)C(C)OC(=O)c1ccccc1-c1nc2ccccc2o1. The van der Waals surface area contributed by atoms with Crippen molar-refractivity contribution in [2.75, 3.05) is 12.4 Å². The number of carbonyl (C=O) groups is 2. The first-order chi connectivity index (χ1) is 15.5. The topological polar surface area (TPSA) is 90.7 Å². The largest absolute Gasteiger partial charge is 0.495 e. The fourth-order valence-corrected chi connectivity index (χ4v) is 3.30. The van der Waals surface area contributed by atoms with E-state index in [0.717, 1.165) is 0 Å². The third kappa shape index (κ3) is 4.43. The molecular formula is C24H19ClN2O5. The number of amides is 1. The molecule has 1 aromatic heterocycles. The lowest BCUT2D eigenvalue weighted by atomic mass is 10.1. The normalized spacial score (nSPS) is 11.7. The Morgan fingerprint density at radius 2 is 1.81 bits per heavy atom. The van der Waals surface area contributed by atoms with Crippen molar-refractivity contribution in [1.82, 2.24) is 4.98 Å². The van der Waals surface area contributed by atoms with Crippen LogP contribution in [0, 0.1) is 0 Å². The number of hydrogen-bond acceptors (Lipinski definition) is 6. The molecule has 0 spiro atoms. The van der Waals surface area contributed by atoms with Gasteiger partial charge in [-0.3, -0.25) is 4.79 Å². The Morgan fingerprint density at radius 1 is 1.06 bits per heavy atom. The number of esters is 1. The van der Waals surface area contributed by atoms with E-state index in [0.29, 0.717) is 39.0 Å². The van der Waals surface area contributed by atoms with Gasteiger partial charge in [0.15, 0.2) is 11.7 Å². The highest BCUT2D eigenvalue weighted by Gasteiger charge is 2.23. The zero-order valence-corrected chi connectivity index (χ0v) is 18.1. The zero-order chi connectivity index (χ0) is 22.7. The van der Waals surface area contributed by atoms with Crippen molar-refractivity contribution in [2.45, 2.75) is 13.0 Å². The molecule has 7 nitrogen and oxygen atoms in total. The summed E-state index contributed by atoms with van der Waals surface area (Å²) >= 11 is 6.00. The van der Waals surface area contributed by atoms with Gasteiger partial charge in [0.1, 0.15) is 11.3 Å². The van der Waals surface area contributed by atoms with Crippen molar-refractivity contribution in [3.05, 3.63) is 77.3 Å². The molecule has 1 N–H and O–H groups in total. The van der Waals surface area contributed by atoms with Gasteiger partial charge in [0, 0.05) is 5.02 Å². The predicted molar refractivity (Wildman–Crippen MR) is 121 cm³/mol. The van der Waals surface area contributed by atoms with Crippen LogP contribution in [0.5, 0.6) is 5.75 Å². The maximum Gasteiger partial charge on any atom is 0.339 e. The number of hydrogen-bond donors (Lipinski definition) is 1. The average molecular weight is 451 g/mol. The van der Waals surface area contributed by atoms with Crippen LogP contribution in [-0.4, -0.2) is 30.1 Å². The molecule has 8 heteroatoms. The summed E-state index contributed by atoms with van der Waals surface area (Å²) < 4.78 is 16.4. The van der Waals surface area contributed by atoms with Crippen molar-refractivity contribution in [2.24, 2.45) is 0 Å². The van der Waals surface area contributed by atoms with E-state index in [-0.39, 0.29) is 5.56 Å². The van der Waals surface area contributed by atoms with Crippen LogP contribution < -0.4 is 10.1 Å². The number of methoxy groups -OCH3 is 1. The molecule has 4 rings (SSSR count). The molecule has 1 amide bonds. The number of nitrogens with one attached hydrogen (secondary N) is 1. The quantitative estimate of drug-likeness (QED) is 0.399. The summed E-state index contributed by atoms with van der Waals surface area (Å²) in [4.78, 5) is 29.9. The molecule has 0 aliphatic carbocycles. The van der Waals surface area contributed by atoms with Crippen molar-refractivity contribution in [3.63, 3.8) is 0 Å². The monoisotopic (exact) mass is 450 g/mol. The number of nitrogens with zero attached hydrogens (tertiary/aromatic N) is 1. The average Bonchev–Trinajstić information content (AvgIpc) is 3.23. The Kier molecular flexibility index (Phi) is 6.09. The van der Waals surface area contributed by atoms with Crippen LogP contribution >= 0.6 is 11.6 Å². The van der Waals surface area contributed by atoms with Crippen LogP contribution in [0.25, 0.3) is 22.6 Å². The van der Waals surface area contributed by atoms with E-state index in [1.54, 1.807) is 48.5 Å². The predicted octanol–water partition coefficient (Wildman–Crippen LogP) is 5.34. The molecule has 1 heterocycles. The highest BCUT2D eigenvalue weighted by atomic mass is 35.5. The number of carbonyl (C=O) groups excluding carboxylic acids is 2. The Balaban J connectivity index is 1.53. The molecule has 4 aromatic rings. The first-order valence-electron chi connectivity index (χ1n) is 9.76. The Labute approximate surface area is 188 Å². The first kappa shape index (κ1) is 21.4. The standard InChI is InChI=1S/C24H19ClN2O5/c1-14(22(28)26-19-13-15(25)11-12-20(19)30-2)31-24(29)17-8-4-3-7-16(17)23-27-18-9-5-6-10-21(18)32-23/h3-14H,1-2H3,(H,26,28). The van der Waals surface area contributed by atoms with Gasteiger partial charge in [-0.1, -0.05) is 35.9 Å². The van der Waals surface area contributed by atoms with Crippen LogP contribution in [0.1, 0.15) is 17.3 Å². The van der Waals surface area contributed by atoms with E-state index in [1.165, 1.54) is 14.0 Å². The van der Waals surface area contributed by atoms with Crippen molar-refractivity contribution >= 4 is 40.3 Å². The summed E-state index contributed by atoms with van der Waals surface area (Å²) in [5.74, 6) is -0.482.